The monoisotopic (exact) mass is 504 g/mol. The van der Waals surface area contributed by atoms with E-state index in [-0.39, 0.29) is 29.6 Å². The Morgan fingerprint density at radius 1 is 1.26 bits per heavy atom. The van der Waals surface area contributed by atoms with Crippen molar-refractivity contribution in [2.24, 2.45) is 5.92 Å². The Morgan fingerprint density at radius 2 is 2.03 bits per heavy atom. The molecule has 2 aliphatic heterocycles. The first-order valence-corrected chi connectivity index (χ1v) is 12.2. The lowest BCUT2D eigenvalue weighted by Crippen LogP contribution is -2.55. The third-order valence-corrected chi connectivity index (χ3v) is 7.58. The van der Waals surface area contributed by atoms with E-state index in [1.54, 1.807) is 12.0 Å². The van der Waals surface area contributed by atoms with E-state index in [0.29, 0.717) is 31.1 Å². The summed E-state index contributed by atoms with van der Waals surface area (Å²) in [4.78, 5) is 28.5. The Balaban J connectivity index is 1.48. The molecule has 9 heteroatoms. The molecule has 1 N–H and O–H groups in total. The minimum absolute atomic E-state index is 0.0181. The molecule has 6 nitrogen and oxygen atoms in total. The SMILES string of the molecule is COCCc1ccc(Cl)c(CN(C(=O)[C@H]2CNCCC23OC(=O)c2cc(F)c(F)cc23)C2CC2)c1. The van der Waals surface area contributed by atoms with Crippen molar-refractivity contribution in [1.82, 2.24) is 10.2 Å². The van der Waals surface area contributed by atoms with Gasteiger partial charge in [-0.1, -0.05) is 23.7 Å². The first-order valence-electron chi connectivity index (χ1n) is 11.8. The molecule has 1 aliphatic carbocycles. The maximum absolute atomic E-state index is 14.2. The molecule has 35 heavy (non-hydrogen) atoms. The molecule has 0 aromatic heterocycles. The van der Waals surface area contributed by atoms with Crippen LogP contribution in [-0.2, 0) is 32.8 Å². The zero-order chi connectivity index (χ0) is 24.7. The van der Waals surface area contributed by atoms with Gasteiger partial charge in [-0.3, -0.25) is 4.79 Å². The normalized spacial score (nSPS) is 23.3. The number of ether oxygens (including phenoxy) is 2. The summed E-state index contributed by atoms with van der Waals surface area (Å²) in [6.07, 6.45) is 2.76. The van der Waals surface area contributed by atoms with Crippen LogP contribution in [-0.4, -0.2) is 49.6 Å². The lowest BCUT2D eigenvalue weighted by atomic mass is 9.75. The minimum Gasteiger partial charge on any atom is -0.450 e. The third kappa shape index (κ3) is 4.43. The highest BCUT2D eigenvalue weighted by molar-refractivity contribution is 6.31. The lowest BCUT2D eigenvalue weighted by Gasteiger charge is -2.42. The number of carbonyl (C=O) groups is 2. The Kier molecular flexibility index (Phi) is 6.55. The maximum Gasteiger partial charge on any atom is 0.339 e. The van der Waals surface area contributed by atoms with Gasteiger partial charge in [0.25, 0.3) is 0 Å². The summed E-state index contributed by atoms with van der Waals surface area (Å²) in [5.74, 6) is -3.88. The highest BCUT2D eigenvalue weighted by atomic mass is 35.5. The largest absolute Gasteiger partial charge is 0.450 e. The van der Waals surface area contributed by atoms with Crippen molar-refractivity contribution in [1.29, 1.82) is 0 Å². The number of benzene rings is 2. The second-order valence-electron chi connectivity index (χ2n) is 9.46. The van der Waals surface area contributed by atoms with Crippen LogP contribution in [0.3, 0.4) is 0 Å². The number of methoxy groups -OCH3 is 1. The van der Waals surface area contributed by atoms with E-state index in [1.807, 2.05) is 18.2 Å². The van der Waals surface area contributed by atoms with Gasteiger partial charge in [-0.2, -0.15) is 0 Å². The van der Waals surface area contributed by atoms with Gasteiger partial charge in [-0.05, 0) is 55.1 Å². The van der Waals surface area contributed by atoms with Crippen molar-refractivity contribution in [2.75, 3.05) is 26.8 Å². The van der Waals surface area contributed by atoms with Crippen molar-refractivity contribution in [2.45, 2.75) is 43.9 Å². The molecule has 0 bridgehead atoms. The highest BCUT2D eigenvalue weighted by Crippen LogP contribution is 2.48. The maximum atomic E-state index is 14.2. The van der Waals surface area contributed by atoms with Crippen molar-refractivity contribution < 1.29 is 27.8 Å². The van der Waals surface area contributed by atoms with Crippen LogP contribution < -0.4 is 5.32 Å². The van der Waals surface area contributed by atoms with E-state index in [4.69, 9.17) is 21.1 Å². The van der Waals surface area contributed by atoms with Crippen molar-refractivity contribution >= 4 is 23.5 Å². The average Bonchev–Trinajstić information content (AvgIpc) is 3.65. The molecule has 2 heterocycles. The molecule has 1 saturated heterocycles. The number of carbonyl (C=O) groups excluding carboxylic acids is 2. The average molecular weight is 505 g/mol. The molecule has 1 unspecified atom stereocenters. The predicted octanol–water partition coefficient (Wildman–Crippen LogP) is 3.97. The second kappa shape index (κ2) is 9.48. The van der Waals surface area contributed by atoms with Crippen LogP contribution in [0.15, 0.2) is 30.3 Å². The van der Waals surface area contributed by atoms with E-state index in [1.165, 1.54) is 0 Å². The van der Waals surface area contributed by atoms with Crippen LogP contribution in [0.2, 0.25) is 5.02 Å². The number of piperidine rings is 1. The molecule has 2 fully saturated rings. The van der Waals surface area contributed by atoms with Gasteiger partial charge in [0.15, 0.2) is 17.2 Å². The van der Waals surface area contributed by atoms with Crippen LogP contribution >= 0.6 is 11.6 Å². The van der Waals surface area contributed by atoms with Crippen LogP contribution in [0.1, 0.15) is 46.3 Å². The fourth-order valence-electron chi connectivity index (χ4n) is 5.21. The summed E-state index contributed by atoms with van der Waals surface area (Å²) in [5, 5.41) is 3.78. The van der Waals surface area contributed by atoms with Gasteiger partial charge < -0.3 is 19.7 Å². The number of esters is 1. The summed E-state index contributed by atoms with van der Waals surface area (Å²) in [7, 11) is 1.65. The molecule has 5 rings (SSSR count). The number of rotatable bonds is 7. The first kappa shape index (κ1) is 24.2. The fourth-order valence-corrected chi connectivity index (χ4v) is 5.39. The molecular weight excluding hydrogens is 478 g/mol. The lowest BCUT2D eigenvalue weighted by molar-refractivity contribution is -0.149. The van der Waals surface area contributed by atoms with Crippen LogP contribution in [0.4, 0.5) is 8.78 Å². The Hall–Kier alpha value is -2.55. The van der Waals surface area contributed by atoms with E-state index in [2.05, 4.69) is 5.32 Å². The number of halogens is 3. The van der Waals surface area contributed by atoms with E-state index in [0.717, 1.165) is 42.5 Å². The third-order valence-electron chi connectivity index (χ3n) is 7.21. The molecular formula is C26H27ClF2N2O4. The molecule has 3 aliphatic rings. The Labute approximate surface area is 207 Å². The molecule has 2 aromatic rings. The highest BCUT2D eigenvalue weighted by Gasteiger charge is 2.56. The van der Waals surface area contributed by atoms with E-state index < -0.39 is 29.1 Å². The Bertz CT molecular complexity index is 1170. The minimum atomic E-state index is -1.33. The summed E-state index contributed by atoms with van der Waals surface area (Å²) < 4.78 is 39.1. The van der Waals surface area contributed by atoms with Crippen LogP contribution in [0, 0.1) is 17.6 Å². The zero-order valence-corrected chi connectivity index (χ0v) is 20.2. The molecule has 2 aromatic carbocycles. The summed E-state index contributed by atoms with van der Waals surface area (Å²) in [6.45, 7) is 1.63. The number of fused-ring (bicyclic) bond motifs is 2. The molecule has 0 radical (unpaired) electrons. The van der Waals surface area contributed by atoms with Gasteiger partial charge in [0.1, 0.15) is 0 Å². The number of amides is 1. The quantitative estimate of drug-likeness (QED) is 0.578. The summed E-state index contributed by atoms with van der Waals surface area (Å²) >= 11 is 6.50. The van der Waals surface area contributed by atoms with Gasteiger partial charge in [0, 0.05) is 43.2 Å². The van der Waals surface area contributed by atoms with E-state index >= 15 is 0 Å². The van der Waals surface area contributed by atoms with Gasteiger partial charge in [0.05, 0.1) is 18.1 Å². The summed E-state index contributed by atoms with van der Waals surface area (Å²) in [5.41, 5.74) is 0.782. The van der Waals surface area contributed by atoms with Crippen molar-refractivity contribution in [3.05, 3.63) is 69.2 Å². The smallest absolute Gasteiger partial charge is 0.339 e. The van der Waals surface area contributed by atoms with E-state index in [9.17, 15) is 18.4 Å². The molecule has 186 valence electrons. The zero-order valence-electron chi connectivity index (χ0n) is 19.4. The topological polar surface area (TPSA) is 67.9 Å². The standard InChI is InChI=1S/C26H27ClF2N2O4/c1-34-9-6-15-2-5-21(27)16(10-15)14-31(17-3-4-17)24(32)20-13-30-8-7-26(20)19-12-23(29)22(28)11-18(19)25(33)35-26/h2,5,10-12,17,20,30H,3-4,6-9,13-14H2,1H3/t20-,26?/m1/s1. The van der Waals surface area contributed by atoms with Crippen molar-refractivity contribution in [3.63, 3.8) is 0 Å². The van der Waals surface area contributed by atoms with Crippen LogP contribution in [0.5, 0.6) is 0 Å². The summed E-state index contributed by atoms with van der Waals surface area (Å²) in [6, 6.07) is 7.70. The molecule has 2 atom stereocenters. The van der Waals surface area contributed by atoms with Crippen molar-refractivity contribution in [3.8, 4) is 0 Å². The van der Waals surface area contributed by atoms with Gasteiger partial charge in [-0.15, -0.1) is 0 Å². The van der Waals surface area contributed by atoms with Gasteiger partial charge in [-0.25, -0.2) is 13.6 Å². The number of nitrogens with zero attached hydrogens (tertiary/aromatic N) is 1. The van der Waals surface area contributed by atoms with Gasteiger partial charge >= 0.3 is 5.97 Å². The number of nitrogens with one attached hydrogen (secondary N) is 1. The second-order valence-corrected chi connectivity index (χ2v) is 9.87. The predicted molar refractivity (Wildman–Crippen MR) is 125 cm³/mol. The molecule has 1 amide bonds. The fraction of sp³-hybridized carbons (Fsp3) is 0.462. The van der Waals surface area contributed by atoms with Gasteiger partial charge in [0.2, 0.25) is 5.91 Å². The number of hydrogen-bond acceptors (Lipinski definition) is 5. The van der Waals surface area contributed by atoms with Crippen LogP contribution in [0.25, 0.3) is 0 Å². The molecule has 1 saturated carbocycles. The first-order chi connectivity index (χ1) is 16.8. The Morgan fingerprint density at radius 3 is 2.77 bits per heavy atom. The number of hydrogen-bond donors (Lipinski definition) is 1. The molecule has 1 spiro atoms.